The summed E-state index contributed by atoms with van der Waals surface area (Å²) in [5, 5.41) is 2.83. The third-order valence-electron chi connectivity index (χ3n) is 3.94. The number of methoxy groups -OCH3 is 1. The Labute approximate surface area is 211 Å². The predicted molar refractivity (Wildman–Crippen MR) is 135 cm³/mol. The van der Waals surface area contributed by atoms with Crippen LogP contribution in [0.15, 0.2) is 34.6 Å². The maximum atomic E-state index is 12.8. The summed E-state index contributed by atoms with van der Waals surface area (Å²) in [6.07, 6.45) is 1.65. The van der Waals surface area contributed by atoms with Crippen LogP contribution in [0.25, 0.3) is 6.08 Å². The maximum absolute atomic E-state index is 12.8. The number of esters is 1. The molecule has 0 atom stereocenters. The first kappa shape index (κ1) is 24.5. The van der Waals surface area contributed by atoms with Gasteiger partial charge >= 0.3 is 5.97 Å². The second-order valence-corrected chi connectivity index (χ2v) is 9.85. The number of hydrogen-bond acceptors (Lipinski definition) is 9. The molecule has 0 radical (unpaired) electrons. The number of hydrazine groups is 1. The number of rotatable bonds is 8. The number of nitrogens with zero attached hydrogens (tertiary/aromatic N) is 1. The third-order valence-corrected chi connectivity index (χ3v) is 6.91. The van der Waals surface area contributed by atoms with E-state index in [-0.39, 0.29) is 17.5 Å². The summed E-state index contributed by atoms with van der Waals surface area (Å²) in [7, 11) is 1.48. The summed E-state index contributed by atoms with van der Waals surface area (Å²) in [5.41, 5.74) is 3.21. The molecule has 1 fully saturated rings. The minimum atomic E-state index is -0.484. The fourth-order valence-corrected chi connectivity index (χ4v) is 5.15. The predicted octanol–water partition coefficient (Wildman–Crippen LogP) is 3.85. The van der Waals surface area contributed by atoms with Crippen molar-refractivity contribution in [1.82, 2.24) is 10.4 Å². The van der Waals surface area contributed by atoms with E-state index < -0.39 is 17.8 Å². The van der Waals surface area contributed by atoms with E-state index in [2.05, 4.69) is 28.0 Å². The Morgan fingerprint density at radius 1 is 1.34 bits per heavy atom. The van der Waals surface area contributed by atoms with Crippen LogP contribution in [0.4, 0.5) is 0 Å². The molecule has 168 valence electrons. The van der Waals surface area contributed by atoms with Gasteiger partial charge in [0.2, 0.25) is 0 Å². The molecule has 1 aromatic heterocycles. The van der Waals surface area contributed by atoms with E-state index >= 15 is 0 Å². The quantitative estimate of drug-likeness (QED) is 0.210. The van der Waals surface area contributed by atoms with Crippen LogP contribution in [-0.2, 0) is 14.3 Å². The molecule has 2 amide bonds. The number of halogens is 1. The fraction of sp³-hybridized carbons (Fsp3) is 0.200. The van der Waals surface area contributed by atoms with Gasteiger partial charge in [-0.1, -0.05) is 17.8 Å². The highest BCUT2D eigenvalue weighted by atomic mass is 127. The Kier molecular flexibility index (Phi) is 8.51. The number of thioether (sulfide) groups is 1. The second-order valence-electron chi connectivity index (χ2n) is 6.06. The van der Waals surface area contributed by atoms with Gasteiger partial charge in [0.1, 0.15) is 0 Å². The van der Waals surface area contributed by atoms with E-state index in [1.165, 1.54) is 18.4 Å². The molecule has 1 aromatic carbocycles. The van der Waals surface area contributed by atoms with Gasteiger partial charge in [-0.2, -0.15) is 5.01 Å². The van der Waals surface area contributed by atoms with E-state index in [4.69, 9.17) is 26.4 Å². The molecule has 8 nitrogen and oxygen atoms in total. The Bertz CT molecular complexity index is 1090. The Balaban J connectivity index is 1.78. The highest BCUT2D eigenvalue weighted by molar-refractivity contribution is 14.1. The first-order valence-corrected chi connectivity index (χ1v) is 12.3. The van der Waals surface area contributed by atoms with Gasteiger partial charge < -0.3 is 14.2 Å². The molecule has 0 unspecified atom stereocenters. The molecular formula is C20H17IN2O6S3. The standard InChI is InChI=1S/C20H17IN2O6S3/c1-3-28-16(24)10-29-17-12(21)7-11(8-13(17)27-2)9-15-19(26)23(20(30)32-15)22-18(25)14-5-4-6-31-14/h4-9H,3,10H2,1-2H3,(H,22,25)/b15-9+. The van der Waals surface area contributed by atoms with Gasteiger partial charge in [0.05, 0.1) is 27.1 Å². The fourth-order valence-electron chi connectivity index (χ4n) is 2.58. The van der Waals surface area contributed by atoms with Crippen molar-refractivity contribution < 1.29 is 28.6 Å². The lowest BCUT2D eigenvalue weighted by atomic mass is 10.2. The number of amides is 2. The number of hydrogen-bond donors (Lipinski definition) is 1. The number of benzene rings is 1. The lowest BCUT2D eigenvalue weighted by Gasteiger charge is -2.15. The van der Waals surface area contributed by atoms with Gasteiger partial charge in [0.15, 0.2) is 22.4 Å². The largest absolute Gasteiger partial charge is 0.493 e. The molecule has 12 heteroatoms. The number of thiocarbonyl (C=S) groups is 1. The molecule has 1 N–H and O–H groups in total. The van der Waals surface area contributed by atoms with E-state index in [0.29, 0.717) is 30.4 Å². The van der Waals surface area contributed by atoms with E-state index in [9.17, 15) is 14.4 Å². The first-order chi connectivity index (χ1) is 15.3. The van der Waals surface area contributed by atoms with Crippen LogP contribution in [-0.4, -0.2) is 47.4 Å². The van der Waals surface area contributed by atoms with Crippen molar-refractivity contribution in [1.29, 1.82) is 0 Å². The van der Waals surface area contributed by atoms with Crippen LogP contribution in [0.3, 0.4) is 0 Å². The van der Waals surface area contributed by atoms with Gasteiger partial charge in [-0.05, 0) is 77.0 Å². The van der Waals surface area contributed by atoms with E-state index in [0.717, 1.165) is 16.8 Å². The zero-order valence-corrected chi connectivity index (χ0v) is 21.5. The van der Waals surface area contributed by atoms with Crippen molar-refractivity contribution in [3.63, 3.8) is 0 Å². The topological polar surface area (TPSA) is 94.2 Å². The molecule has 0 aliphatic carbocycles. The van der Waals surface area contributed by atoms with Crippen molar-refractivity contribution in [2.45, 2.75) is 6.92 Å². The lowest BCUT2D eigenvalue weighted by molar-refractivity contribution is -0.145. The summed E-state index contributed by atoms with van der Waals surface area (Å²) in [6.45, 7) is 1.73. The Morgan fingerprint density at radius 3 is 2.78 bits per heavy atom. The summed E-state index contributed by atoms with van der Waals surface area (Å²) >= 11 is 9.66. The molecule has 3 rings (SSSR count). The molecule has 0 spiro atoms. The summed E-state index contributed by atoms with van der Waals surface area (Å²) in [6, 6.07) is 6.87. The zero-order valence-electron chi connectivity index (χ0n) is 16.9. The first-order valence-electron chi connectivity index (χ1n) is 9.12. The molecule has 0 bridgehead atoms. The molecule has 1 saturated heterocycles. The SMILES string of the molecule is CCOC(=O)COc1c(I)cc(/C=C2/SC(=S)N(NC(=O)c3cccs3)C2=O)cc1OC. The van der Waals surface area contributed by atoms with Crippen molar-refractivity contribution in [2.24, 2.45) is 0 Å². The number of carbonyl (C=O) groups is 3. The third kappa shape index (κ3) is 5.79. The number of thiophene rings is 1. The lowest BCUT2D eigenvalue weighted by Crippen LogP contribution is -2.44. The van der Waals surface area contributed by atoms with Crippen molar-refractivity contribution in [3.05, 3.63) is 48.6 Å². The van der Waals surface area contributed by atoms with Gasteiger partial charge in [0, 0.05) is 0 Å². The van der Waals surface area contributed by atoms with Crippen LogP contribution in [0.1, 0.15) is 22.2 Å². The minimum Gasteiger partial charge on any atom is -0.493 e. The number of ether oxygens (including phenoxy) is 3. The van der Waals surface area contributed by atoms with Crippen LogP contribution in [0.2, 0.25) is 0 Å². The maximum Gasteiger partial charge on any atom is 0.344 e. The summed E-state index contributed by atoms with van der Waals surface area (Å²) in [4.78, 5) is 37.5. The minimum absolute atomic E-state index is 0.224. The van der Waals surface area contributed by atoms with E-state index in [1.54, 1.807) is 42.6 Å². The van der Waals surface area contributed by atoms with Gasteiger partial charge in [-0.15, -0.1) is 11.3 Å². The average molecular weight is 604 g/mol. The van der Waals surface area contributed by atoms with E-state index in [1.807, 2.05) is 0 Å². The normalized spacial score (nSPS) is 14.6. The molecular weight excluding hydrogens is 587 g/mol. The summed E-state index contributed by atoms with van der Waals surface area (Å²) < 4.78 is 16.7. The van der Waals surface area contributed by atoms with Crippen LogP contribution in [0.5, 0.6) is 11.5 Å². The Hall–Kier alpha value is -2.16. The number of nitrogens with one attached hydrogen (secondary N) is 1. The second kappa shape index (κ2) is 11.1. The van der Waals surface area contributed by atoms with Crippen LogP contribution in [0, 0.1) is 3.57 Å². The smallest absolute Gasteiger partial charge is 0.344 e. The number of carbonyl (C=O) groups excluding carboxylic acids is 3. The van der Waals surface area contributed by atoms with Gasteiger partial charge in [-0.3, -0.25) is 15.0 Å². The molecule has 2 aromatic rings. The molecule has 32 heavy (non-hydrogen) atoms. The highest BCUT2D eigenvalue weighted by Crippen LogP contribution is 2.37. The molecule has 1 aliphatic rings. The summed E-state index contributed by atoms with van der Waals surface area (Å²) in [5.74, 6) is -0.524. The molecule has 2 heterocycles. The highest BCUT2D eigenvalue weighted by Gasteiger charge is 2.34. The van der Waals surface area contributed by atoms with Crippen molar-refractivity contribution in [2.75, 3.05) is 20.3 Å². The molecule has 1 aliphatic heterocycles. The zero-order chi connectivity index (χ0) is 23.3. The Morgan fingerprint density at radius 2 is 2.12 bits per heavy atom. The van der Waals surface area contributed by atoms with Crippen LogP contribution >= 0.6 is 57.9 Å². The monoisotopic (exact) mass is 604 g/mol. The van der Waals surface area contributed by atoms with Gasteiger partial charge in [-0.25, -0.2) is 4.79 Å². The average Bonchev–Trinajstić information content (AvgIpc) is 3.38. The van der Waals surface area contributed by atoms with Crippen LogP contribution < -0.4 is 14.9 Å². The molecule has 0 saturated carbocycles. The van der Waals surface area contributed by atoms with Gasteiger partial charge in [0.25, 0.3) is 11.8 Å². The van der Waals surface area contributed by atoms with Crippen molar-refractivity contribution >= 4 is 86.1 Å². The van der Waals surface area contributed by atoms with Crippen molar-refractivity contribution in [3.8, 4) is 11.5 Å².